The molecule has 1 amide bonds. The molecular weight excluding hydrogens is 398 g/mol. The largest absolute Gasteiger partial charge is 0.493 e. The number of rotatable bonds is 10. The van der Waals surface area contributed by atoms with Crippen LogP contribution in [-0.4, -0.2) is 77.0 Å². The fourth-order valence-corrected chi connectivity index (χ4v) is 2.81. The minimum absolute atomic E-state index is 0.0511. The number of likely N-dealkylation sites (N-methyl/N-ethyl adjacent to an activating group) is 1. The van der Waals surface area contributed by atoms with E-state index < -0.39 is 11.7 Å². The van der Waals surface area contributed by atoms with Gasteiger partial charge in [0.2, 0.25) is 0 Å². The first kappa shape index (κ1) is 26.4. The number of nitrogens with zero attached hydrogens (tertiary/aromatic N) is 2. The average molecular weight is 438 g/mol. The van der Waals surface area contributed by atoms with Crippen LogP contribution in [0.4, 0.5) is 4.79 Å². The van der Waals surface area contributed by atoms with Crippen LogP contribution in [0.25, 0.3) is 0 Å². The van der Waals surface area contributed by atoms with Crippen molar-refractivity contribution < 1.29 is 19.0 Å². The third kappa shape index (κ3) is 9.78. The molecule has 0 bridgehead atoms. The molecule has 1 rings (SSSR count). The first-order valence-electron chi connectivity index (χ1n) is 10.5. The first-order valence-corrected chi connectivity index (χ1v) is 10.5. The van der Waals surface area contributed by atoms with Crippen LogP contribution in [0, 0.1) is 0 Å². The van der Waals surface area contributed by atoms with Gasteiger partial charge in [0.25, 0.3) is 0 Å². The normalized spacial score (nSPS) is 12.9. The summed E-state index contributed by atoms with van der Waals surface area (Å²) < 4.78 is 16.0. The zero-order valence-electron chi connectivity index (χ0n) is 20.2. The Balaban J connectivity index is 2.75. The van der Waals surface area contributed by atoms with Crippen molar-refractivity contribution in [2.45, 2.75) is 39.3 Å². The maximum absolute atomic E-state index is 11.7. The van der Waals surface area contributed by atoms with Crippen LogP contribution < -0.4 is 25.4 Å². The summed E-state index contributed by atoms with van der Waals surface area (Å²) in [7, 11) is 7.28. The predicted octanol–water partition coefficient (Wildman–Crippen LogP) is 2.39. The van der Waals surface area contributed by atoms with Crippen LogP contribution in [0.1, 0.15) is 39.3 Å². The number of carbonyl (C=O) groups is 1. The second-order valence-corrected chi connectivity index (χ2v) is 8.17. The molecule has 0 aliphatic carbocycles. The molecule has 0 fully saturated rings. The van der Waals surface area contributed by atoms with Crippen LogP contribution >= 0.6 is 0 Å². The lowest BCUT2D eigenvalue weighted by atomic mass is 10.1. The maximum Gasteiger partial charge on any atom is 0.407 e. The van der Waals surface area contributed by atoms with Gasteiger partial charge >= 0.3 is 6.09 Å². The summed E-state index contributed by atoms with van der Waals surface area (Å²) >= 11 is 0. The summed E-state index contributed by atoms with van der Waals surface area (Å²) in [4.78, 5) is 18.6. The molecule has 9 heteroatoms. The SMILES string of the molecule is CCNC(=NCC(c1ccc(OC)c(OC)c1)N(C)C)NCCNC(=O)OC(C)(C)C. The van der Waals surface area contributed by atoms with E-state index in [1.165, 1.54) is 0 Å². The number of carbonyl (C=O) groups excluding carboxylic acids is 1. The molecule has 176 valence electrons. The average Bonchev–Trinajstić information content (AvgIpc) is 2.69. The van der Waals surface area contributed by atoms with E-state index in [9.17, 15) is 4.79 Å². The van der Waals surface area contributed by atoms with Gasteiger partial charge in [-0.15, -0.1) is 0 Å². The molecule has 1 aromatic rings. The van der Waals surface area contributed by atoms with Crippen LogP contribution in [0.15, 0.2) is 23.2 Å². The van der Waals surface area contributed by atoms with E-state index in [-0.39, 0.29) is 6.04 Å². The van der Waals surface area contributed by atoms with Crippen LogP contribution in [0.3, 0.4) is 0 Å². The monoisotopic (exact) mass is 437 g/mol. The van der Waals surface area contributed by atoms with Crippen molar-refractivity contribution in [2.24, 2.45) is 4.99 Å². The van der Waals surface area contributed by atoms with Gasteiger partial charge in [-0.2, -0.15) is 0 Å². The lowest BCUT2D eigenvalue weighted by Gasteiger charge is -2.24. The van der Waals surface area contributed by atoms with Gasteiger partial charge in [0, 0.05) is 19.6 Å². The molecule has 0 spiro atoms. The molecule has 9 nitrogen and oxygen atoms in total. The van der Waals surface area contributed by atoms with Crippen molar-refractivity contribution in [3.8, 4) is 11.5 Å². The summed E-state index contributed by atoms with van der Waals surface area (Å²) in [5.74, 6) is 2.06. The Kier molecular flexibility index (Phi) is 11.0. The molecule has 0 radical (unpaired) electrons. The lowest BCUT2D eigenvalue weighted by Crippen LogP contribution is -2.42. The van der Waals surface area contributed by atoms with E-state index in [0.29, 0.717) is 37.1 Å². The molecular formula is C22H39N5O4. The fraction of sp³-hybridized carbons (Fsp3) is 0.636. The summed E-state index contributed by atoms with van der Waals surface area (Å²) in [5.41, 5.74) is 0.563. The highest BCUT2D eigenvalue weighted by Crippen LogP contribution is 2.31. The minimum atomic E-state index is -0.515. The number of benzene rings is 1. The topological polar surface area (TPSA) is 96.5 Å². The van der Waals surface area contributed by atoms with Gasteiger partial charge in [-0.3, -0.25) is 4.99 Å². The van der Waals surface area contributed by atoms with Gasteiger partial charge in [0.05, 0.1) is 26.8 Å². The Labute approximate surface area is 186 Å². The third-order valence-electron chi connectivity index (χ3n) is 4.27. The molecule has 0 aliphatic rings. The van der Waals surface area contributed by atoms with E-state index in [1.807, 2.05) is 60.0 Å². The molecule has 1 unspecified atom stereocenters. The standard InChI is InChI=1S/C22H39N5O4/c1-9-23-20(24-12-13-25-21(28)31-22(2,3)4)26-15-17(27(5)6)16-10-11-18(29-7)19(14-16)30-8/h10-11,14,17H,9,12-13,15H2,1-8H3,(H,25,28)(H2,23,24,26). The van der Waals surface area contributed by atoms with E-state index in [4.69, 9.17) is 19.2 Å². The van der Waals surface area contributed by atoms with Crippen molar-refractivity contribution in [1.29, 1.82) is 0 Å². The van der Waals surface area contributed by atoms with Crippen LogP contribution in [0.2, 0.25) is 0 Å². The van der Waals surface area contributed by atoms with Crippen molar-refractivity contribution in [2.75, 3.05) is 54.5 Å². The van der Waals surface area contributed by atoms with Crippen molar-refractivity contribution >= 4 is 12.1 Å². The van der Waals surface area contributed by atoms with Crippen LogP contribution in [-0.2, 0) is 4.74 Å². The molecule has 0 heterocycles. The molecule has 0 saturated heterocycles. The zero-order valence-corrected chi connectivity index (χ0v) is 20.2. The highest BCUT2D eigenvalue weighted by Gasteiger charge is 2.17. The highest BCUT2D eigenvalue weighted by atomic mass is 16.6. The highest BCUT2D eigenvalue weighted by molar-refractivity contribution is 5.79. The van der Waals surface area contributed by atoms with Gasteiger partial charge in [-0.25, -0.2) is 4.79 Å². The number of alkyl carbamates (subject to hydrolysis) is 1. The number of aliphatic imine (C=N–C) groups is 1. The quantitative estimate of drug-likeness (QED) is 0.294. The first-order chi connectivity index (χ1) is 14.6. The second kappa shape index (κ2) is 12.9. The number of nitrogens with one attached hydrogen (secondary N) is 3. The predicted molar refractivity (Wildman–Crippen MR) is 124 cm³/mol. The Morgan fingerprint density at radius 1 is 1.06 bits per heavy atom. The summed E-state index contributed by atoms with van der Waals surface area (Å²) in [6.07, 6.45) is -0.433. The van der Waals surface area contributed by atoms with Gasteiger partial charge in [0.15, 0.2) is 17.5 Å². The molecule has 0 aromatic heterocycles. The summed E-state index contributed by atoms with van der Waals surface area (Å²) in [6, 6.07) is 5.95. The van der Waals surface area contributed by atoms with Crippen molar-refractivity contribution in [3.63, 3.8) is 0 Å². The third-order valence-corrected chi connectivity index (χ3v) is 4.27. The lowest BCUT2D eigenvalue weighted by molar-refractivity contribution is 0.0529. The Hall–Kier alpha value is -2.68. The molecule has 0 saturated carbocycles. The number of ether oxygens (including phenoxy) is 3. The number of amides is 1. The molecule has 0 aliphatic heterocycles. The molecule has 1 aromatic carbocycles. The van der Waals surface area contributed by atoms with Crippen molar-refractivity contribution in [1.82, 2.24) is 20.9 Å². The summed E-state index contributed by atoms with van der Waals surface area (Å²) in [5, 5.41) is 9.19. The van der Waals surface area contributed by atoms with E-state index in [1.54, 1.807) is 14.2 Å². The van der Waals surface area contributed by atoms with Crippen molar-refractivity contribution in [3.05, 3.63) is 23.8 Å². The Morgan fingerprint density at radius 3 is 2.26 bits per heavy atom. The van der Waals surface area contributed by atoms with E-state index in [2.05, 4.69) is 20.9 Å². The van der Waals surface area contributed by atoms with Gasteiger partial charge in [-0.1, -0.05) is 6.07 Å². The van der Waals surface area contributed by atoms with Gasteiger partial charge < -0.3 is 35.1 Å². The summed E-state index contributed by atoms with van der Waals surface area (Å²) in [6.45, 7) is 9.72. The Morgan fingerprint density at radius 2 is 1.71 bits per heavy atom. The number of methoxy groups -OCH3 is 2. The smallest absolute Gasteiger partial charge is 0.407 e. The second-order valence-electron chi connectivity index (χ2n) is 8.17. The molecule has 31 heavy (non-hydrogen) atoms. The molecule has 1 atom stereocenters. The minimum Gasteiger partial charge on any atom is -0.493 e. The number of hydrogen-bond acceptors (Lipinski definition) is 6. The zero-order chi connectivity index (χ0) is 23.4. The van der Waals surface area contributed by atoms with E-state index >= 15 is 0 Å². The fourth-order valence-electron chi connectivity index (χ4n) is 2.81. The molecule has 3 N–H and O–H groups in total. The van der Waals surface area contributed by atoms with Gasteiger partial charge in [-0.05, 0) is 59.5 Å². The van der Waals surface area contributed by atoms with Gasteiger partial charge in [0.1, 0.15) is 5.60 Å². The van der Waals surface area contributed by atoms with E-state index in [0.717, 1.165) is 12.1 Å². The Bertz CT molecular complexity index is 716. The number of guanidine groups is 1. The maximum atomic E-state index is 11.7. The number of hydrogen-bond donors (Lipinski definition) is 3. The van der Waals surface area contributed by atoms with Crippen LogP contribution in [0.5, 0.6) is 11.5 Å².